The van der Waals surface area contributed by atoms with E-state index in [1.54, 1.807) is 7.05 Å². The number of amides is 1. The quantitative estimate of drug-likeness (QED) is 0.764. The van der Waals surface area contributed by atoms with Crippen LogP contribution in [0.5, 0.6) is 0 Å². The molecule has 5 nitrogen and oxygen atoms in total. The third-order valence-corrected chi connectivity index (χ3v) is 2.59. The number of aliphatic hydroxyl groups excluding tert-OH is 1. The second kappa shape index (κ2) is 6.81. The van der Waals surface area contributed by atoms with Gasteiger partial charge in [0, 0.05) is 19.7 Å². The van der Waals surface area contributed by atoms with Crippen LogP contribution in [0.25, 0.3) is 0 Å². The molecule has 102 valence electrons. The van der Waals surface area contributed by atoms with Crippen molar-refractivity contribution < 1.29 is 14.6 Å². The SMILES string of the molecule is CC(CO)C(CCN)N(C)C(=O)OC(C)(C)C. The first-order valence-electron chi connectivity index (χ1n) is 5.99. The van der Waals surface area contributed by atoms with Crippen LogP contribution in [0.3, 0.4) is 0 Å². The van der Waals surface area contributed by atoms with Gasteiger partial charge in [-0.25, -0.2) is 4.79 Å². The summed E-state index contributed by atoms with van der Waals surface area (Å²) in [5.41, 5.74) is 5.01. The molecule has 5 heteroatoms. The standard InChI is InChI=1S/C12H26N2O3/c1-9(8-15)10(6-7-13)14(5)11(16)17-12(2,3)4/h9-10,15H,6-8,13H2,1-5H3. The third-order valence-electron chi connectivity index (χ3n) is 2.59. The fourth-order valence-electron chi connectivity index (χ4n) is 1.62. The van der Waals surface area contributed by atoms with E-state index in [0.717, 1.165) is 0 Å². The largest absolute Gasteiger partial charge is 0.444 e. The van der Waals surface area contributed by atoms with Crippen molar-refractivity contribution in [2.45, 2.75) is 45.8 Å². The molecule has 0 aromatic carbocycles. The van der Waals surface area contributed by atoms with E-state index in [-0.39, 0.29) is 24.7 Å². The molecule has 2 unspecified atom stereocenters. The Morgan fingerprint density at radius 2 is 2.00 bits per heavy atom. The van der Waals surface area contributed by atoms with Crippen LogP contribution in [-0.2, 0) is 4.74 Å². The molecule has 0 radical (unpaired) electrons. The second-order valence-corrected chi connectivity index (χ2v) is 5.40. The molecule has 0 bridgehead atoms. The number of nitrogens with two attached hydrogens (primary N) is 1. The zero-order valence-corrected chi connectivity index (χ0v) is 11.6. The normalized spacial score (nSPS) is 15.2. The molecule has 0 aliphatic carbocycles. The Labute approximate surface area is 104 Å². The van der Waals surface area contributed by atoms with E-state index in [2.05, 4.69) is 0 Å². The van der Waals surface area contributed by atoms with Crippen molar-refractivity contribution in [3.05, 3.63) is 0 Å². The molecule has 0 spiro atoms. The number of aliphatic hydroxyl groups is 1. The summed E-state index contributed by atoms with van der Waals surface area (Å²) in [4.78, 5) is 13.4. The average molecular weight is 246 g/mol. The van der Waals surface area contributed by atoms with E-state index in [0.29, 0.717) is 13.0 Å². The van der Waals surface area contributed by atoms with Crippen LogP contribution in [-0.4, -0.2) is 47.9 Å². The van der Waals surface area contributed by atoms with Gasteiger partial charge in [0.25, 0.3) is 0 Å². The third kappa shape index (κ3) is 5.89. The van der Waals surface area contributed by atoms with Crippen LogP contribution < -0.4 is 5.73 Å². The van der Waals surface area contributed by atoms with Crippen LogP contribution >= 0.6 is 0 Å². The van der Waals surface area contributed by atoms with Gasteiger partial charge in [0.15, 0.2) is 0 Å². The highest BCUT2D eigenvalue weighted by Gasteiger charge is 2.28. The maximum absolute atomic E-state index is 11.9. The molecular weight excluding hydrogens is 220 g/mol. The fraction of sp³-hybridized carbons (Fsp3) is 0.917. The van der Waals surface area contributed by atoms with Gasteiger partial charge in [-0.1, -0.05) is 6.92 Å². The zero-order chi connectivity index (χ0) is 13.6. The smallest absolute Gasteiger partial charge is 0.410 e. The number of hydrogen-bond acceptors (Lipinski definition) is 4. The summed E-state index contributed by atoms with van der Waals surface area (Å²) in [6, 6.07) is -0.0974. The van der Waals surface area contributed by atoms with Gasteiger partial charge >= 0.3 is 6.09 Å². The van der Waals surface area contributed by atoms with Gasteiger partial charge in [-0.3, -0.25) is 0 Å². The molecule has 0 aromatic heterocycles. The summed E-state index contributed by atoms with van der Waals surface area (Å²) in [6.45, 7) is 7.87. The number of carbonyl (C=O) groups excluding carboxylic acids is 1. The number of rotatable bonds is 5. The monoisotopic (exact) mass is 246 g/mol. The van der Waals surface area contributed by atoms with Crippen molar-refractivity contribution in [3.63, 3.8) is 0 Å². The highest BCUT2D eigenvalue weighted by Crippen LogP contribution is 2.16. The van der Waals surface area contributed by atoms with Gasteiger partial charge < -0.3 is 20.5 Å². The Balaban J connectivity index is 4.60. The number of nitrogens with zero attached hydrogens (tertiary/aromatic N) is 1. The lowest BCUT2D eigenvalue weighted by atomic mass is 9.99. The van der Waals surface area contributed by atoms with E-state index in [1.807, 2.05) is 27.7 Å². The lowest BCUT2D eigenvalue weighted by Gasteiger charge is -2.33. The van der Waals surface area contributed by atoms with Gasteiger partial charge in [-0.05, 0) is 39.7 Å². The molecule has 3 N–H and O–H groups in total. The number of carbonyl (C=O) groups is 1. The maximum atomic E-state index is 11.9. The molecule has 2 atom stereocenters. The Bertz CT molecular complexity index is 238. The fourth-order valence-corrected chi connectivity index (χ4v) is 1.62. The van der Waals surface area contributed by atoms with E-state index in [9.17, 15) is 9.90 Å². The van der Waals surface area contributed by atoms with E-state index >= 15 is 0 Å². The Kier molecular flexibility index (Phi) is 6.49. The van der Waals surface area contributed by atoms with E-state index < -0.39 is 5.60 Å². The molecule has 0 heterocycles. The maximum Gasteiger partial charge on any atom is 0.410 e. The summed E-state index contributed by atoms with van der Waals surface area (Å²) in [5.74, 6) is -0.0175. The topological polar surface area (TPSA) is 75.8 Å². The molecule has 0 saturated carbocycles. The molecule has 0 aliphatic heterocycles. The highest BCUT2D eigenvalue weighted by atomic mass is 16.6. The van der Waals surface area contributed by atoms with Crippen LogP contribution in [0, 0.1) is 5.92 Å². The lowest BCUT2D eigenvalue weighted by Crippen LogP contribution is -2.45. The predicted octanol–water partition coefficient (Wildman–Crippen LogP) is 1.20. The van der Waals surface area contributed by atoms with Crippen molar-refractivity contribution in [3.8, 4) is 0 Å². The van der Waals surface area contributed by atoms with Crippen molar-refractivity contribution >= 4 is 6.09 Å². The van der Waals surface area contributed by atoms with E-state index in [4.69, 9.17) is 10.5 Å². The van der Waals surface area contributed by atoms with Gasteiger partial charge in [0.1, 0.15) is 5.60 Å². The van der Waals surface area contributed by atoms with Gasteiger partial charge in [0.2, 0.25) is 0 Å². The van der Waals surface area contributed by atoms with Gasteiger partial charge in [-0.15, -0.1) is 0 Å². The Hall–Kier alpha value is -0.810. The Morgan fingerprint density at radius 1 is 1.47 bits per heavy atom. The highest BCUT2D eigenvalue weighted by molar-refractivity contribution is 5.68. The molecule has 0 fully saturated rings. The van der Waals surface area contributed by atoms with Crippen molar-refractivity contribution in [1.29, 1.82) is 0 Å². The molecule has 0 aromatic rings. The molecule has 1 amide bonds. The van der Waals surface area contributed by atoms with Crippen molar-refractivity contribution in [2.75, 3.05) is 20.2 Å². The van der Waals surface area contributed by atoms with E-state index in [1.165, 1.54) is 4.90 Å². The van der Waals surface area contributed by atoms with Crippen LogP contribution in [0.1, 0.15) is 34.1 Å². The summed E-state index contributed by atoms with van der Waals surface area (Å²) in [7, 11) is 1.68. The molecule has 0 aliphatic rings. The van der Waals surface area contributed by atoms with Gasteiger partial charge in [-0.2, -0.15) is 0 Å². The summed E-state index contributed by atoms with van der Waals surface area (Å²) in [5, 5.41) is 9.18. The number of ether oxygens (including phenoxy) is 1. The second-order valence-electron chi connectivity index (χ2n) is 5.40. The number of hydrogen-bond donors (Lipinski definition) is 2. The minimum Gasteiger partial charge on any atom is -0.444 e. The first-order valence-corrected chi connectivity index (χ1v) is 5.99. The molecule has 0 saturated heterocycles. The zero-order valence-electron chi connectivity index (χ0n) is 11.6. The molecule has 0 rings (SSSR count). The summed E-state index contributed by atoms with van der Waals surface area (Å²) < 4.78 is 5.29. The summed E-state index contributed by atoms with van der Waals surface area (Å²) in [6.07, 6.45) is 0.272. The minimum atomic E-state index is -0.513. The lowest BCUT2D eigenvalue weighted by molar-refractivity contribution is 0.0130. The van der Waals surface area contributed by atoms with Crippen LogP contribution in [0.2, 0.25) is 0 Å². The molecular formula is C12H26N2O3. The molecule has 17 heavy (non-hydrogen) atoms. The minimum absolute atomic E-state index is 0.0175. The predicted molar refractivity (Wildman–Crippen MR) is 67.7 cm³/mol. The first-order chi connectivity index (χ1) is 7.72. The summed E-state index contributed by atoms with van der Waals surface area (Å²) >= 11 is 0. The van der Waals surface area contributed by atoms with Crippen molar-refractivity contribution in [2.24, 2.45) is 11.7 Å². The van der Waals surface area contributed by atoms with Crippen LogP contribution in [0.15, 0.2) is 0 Å². The van der Waals surface area contributed by atoms with Crippen LogP contribution in [0.4, 0.5) is 4.79 Å². The van der Waals surface area contributed by atoms with Crippen molar-refractivity contribution in [1.82, 2.24) is 4.90 Å². The Morgan fingerprint density at radius 3 is 2.35 bits per heavy atom. The first kappa shape index (κ1) is 16.2. The van der Waals surface area contributed by atoms with Gasteiger partial charge in [0.05, 0.1) is 0 Å². The average Bonchev–Trinajstić information content (AvgIpc) is 2.21.